The zero-order valence-corrected chi connectivity index (χ0v) is 15.0. The van der Waals surface area contributed by atoms with E-state index in [1.54, 1.807) is 18.2 Å². The third-order valence-corrected chi connectivity index (χ3v) is 4.60. The summed E-state index contributed by atoms with van der Waals surface area (Å²) >= 11 is 0.437. The van der Waals surface area contributed by atoms with Crippen molar-refractivity contribution in [2.45, 2.75) is 12.3 Å². The maximum Gasteiger partial charge on any atom is 0.443 e. The molecule has 1 unspecified atom stereocenters. The molecule has 11 heteroatoms. The van der Waals surface area contributed by atoms with Gasteiger partial charge in [0.25, 0.3) is 0 Å². The Balaban J connectivity index is 1.45. The number of fused-ring (bicyclic) bond motifs is 1. The number of aromatic nitrogens is 1. The van der Waals surface area contributed by atoms with Crippen LogP contribution in [0, 0.1) is 0 Å². The Labute approximate surface area is 160 Å². The van der Waals surface area contributed by atoms with Gasteiger partial charge in [0.15, 0.2) is 5.01 Å². The predicted molar refractivity (Wildman–Crippen MR) is 93.6 cm³/mol. The molecule has 7 nitrogen and oxygen atoms in total. The molecule has 2 heterocycles. The zero-order valence-electron chi connectivity index (χ0n) is 14.2. The number of aliphatic hydroxyl groups is 1. The molecule has 0 saturated heterocycles. The number of carboxylic acid groups (broad SMARTS) is 1. The van der Waals surface area contributed by atoms with Crippen molar-refractivity contribution < 1.29 is 37.3 Å². The highest BCUT2D eigenvalue weighted by molar-refractivity contribution is 7.09. The minimum atomic E-state index is -4.52. The first-order chi connectivity index (χ1) is 13.2. The molecule has 0 aliphatic carbocycles. The van der Waals surface area contributed by atoms with E-state index in [-0.39, 0.29) is 24.6 Å². The first-order valence-electron chi connectivity index (χ1n) is 8.05. The highest BCUT2D eigenvalue weighted by Crippen LogP contribution is 2.32. The lowest BCUT2D eigenvalue weighted by Crippen LogP contribution is -2.26. The van der Waals surface area contributed by atoms with Crippen LogP contribution in [0.4, 0.5) is 13.2 Å². The molecular weight excluding hydrogens is 401 g/mol. The molecule has 0 aliphatic heterocycles. The van der Waals surface area contributed by atoms with Crippen LogP contribution in [0.5, 0.6) is 5.75 Å². The lowest BCUT2D eigenvalue weighted by molar-refractivity contribution is -0.137. The number of carbonyl (C=O) groups is 1. The molecule has 0 spiro atoms. The van der Waals surface area contributed by atoms with E-state index in [4.69, 9.17) is 14.3 Å². The van der Waals surface area contributed by atoms with Crippen LogP contribution in [0.25, 0.3) is 11.0 Å². The van der Waals surface area contributed by atoms with Gasteiger partial charge < -0.3 is 24.7 Å². The number of hydrogen-bond acceptors (Lipinski definition) is 7. The van der Waals surface area contributed by atoms with E-state index in [1.807, 2.05) is 0 Å². The Hall–Kier alpha value is -2.63. The first-order valence-corrected chi connectivity index (χ1v) is 8.93. The number of benzene rings is 1. The van der Waals surface area contributed by atoms with Gasteiger partial charge in [-0.15, -0.1) is 11.3 Å². The maximum atomic E-state index is 12.5. The summed E-state index contributed by atoms with van der Waals surface area (Å²) in [6, 6.07) is 6.24. The summed E-state index contributed by atoms with van der Waals surface area (Å²) in [6.07, 6.45) is -5.69. The molecule has 0 amide bonds. The number of ether oxygens (including phenoxy) is 1. The summed E-state index contributed by atoms with van der Waals surface area (Å²) in [7, 11) is 0. The quantitative estimate of drug-likeness (QED) is 0.484. The molecular formula is C17H15F3N2O5S. The van der Waals surface area contributed by atoms with Crippen LogP contribution >= 0.6 is 11.3 Å². The molecule has 0 aliphatic rings. The monoisotopic (exact) mass is 416 g/mol. The van der Waals surface area contributed by atoms with Crippen LogP contribution in [-0.4, -0.2) is 40.9 Å². The fourth-order valence-electron chi connectivity index (χ4n) is 2.37. The van der Waals surface area contributed by atoms with Crippen LogP contribution in [0.1, 0.15) is 27.4 Å². The molecule has 28 heavy (non-hydrogen) atoms. The Morgan fingerprint density at radius 1 is 1.36 bits per heavy atom. The van der Waals surface area contributed by atoms with Gasteiger partial charge in [-0.1, -0.05) is 0 Å². The number of nitrogens with zero attached hydrogens (tertiary/aromatic N) is 1. The summed E-state index contributed by atoms with van der Waals surface area (Å²) < 4.78 is 48.2. The fraction of sp³-hybridized carbons (Fsp3) is 0.294. The minimum Gasteiger partial charge on any atom is -0.492 e. The number of carboxylic acids is 1. The molecule has 0 saturated carbocycles. The van der Waals surface area contributed by atoms with Crippen LogP contribution in [0.3, 0.4) is 0 Å². The van der Waals surface area contributed by atoms with E-state index in [9.17, 15) is 23.1 Å². The lowest BCUT2D eigenvalue weighted by atomic mass is 10.2. The van der Waals surface area contributed by atoms with Crippen LogP contribution in [0.15, 0.2) is 34.1 Å². The summed E-state index contributed by atoms with van der Waals surface area (Å²) in [4.78, 5) is 14.3. The third-order valence-electron chi connectivity index (χ3n) is 3.69. The van der Waals surface area contributed by atoms with Gasteiger partial charge in [0.2, 0.25) is 5.76 Å². The molecule has 3 rings (SSSR count). The fourth-order valence-corrected chi connectivity index (χ4v) is 3.10. The number of aliphatic hydroxyl groups excluding tert-OH is 1. The topological polar surface area (TPSA) is 105 Å². The summed E-state index contributed by atoms with van der Waals surface area (Å²) in [6.45, 7) is 0.580. The normalized spacial score (nSPS) is 13.0. The summed E-state index contributed by atoms with van der Waals surface area (Å²) in [5, 5.41) is 22.4. The summed E-state index contributed by atoms with van der Waals surface area (Å²) in [5.74, 6) is -0.829. The molecule has 1 aromatic carbocycles. The number of rotatable bonds is 8. The highest BCUT2D eigenvalue weighted by Gasteiger charge is 2.35. The van der Waals surface area contributed by atoms with Crippen molar-refractivity contribution in [3.8, 4) is 5.75 Å². The SMILES string of the molecule is O=C(O)c1cc2cc(OCCNCC(O)c3csc(C(F)(F)F)n3)ccc2o1. The van der Waals surface area contributed by atoms with E-state index in [0.717, 1.165) is 0 Å². The molecule has 0 bridgehead atoms. The Morgan fingerprint density at radius 2 is 2.14 bits per heavy atom. The molecule has 3 N–H and O–H groups in total. The molecule has 150 valence electrons. The van der Waals surface area contributed by atoms with Crippen LogP contribution in [0.2, 0.25) is 0 Å². The highest BCUT2D eigenvalue weighted by atomic mass is 32.1. The van der Waals surface area contributed by atoms with Gasteiger partial charge in [-0.2, -0.15) is 13.2 Å². The number of thiazole rings is 1. The number of hydrogen-bond donors (Lipinski definition) is 3. The number of nitrogens with one attached hydrogen (secondary N) is 1. The molecule has 2 aromatic heterocycles. The molecule has 1 atom stereocenters. The number of alkyl halides is 3. The van der Waals surface area contributed by atoms with Gasteiger partial charge in [-0.25, -0.2) is 9.78 Å². The third kappa shape index (κ3) is 4.80. The van der Waals surface area contributed by atoms with Crippen molar-refractivity contribution in [1.82, 2.24) is 10.3 Å². The average molecular weight is 416 g/mol. The number of halogens is 3. The predicted octanol–water partition coefficient (Wildman–Crippen LogP) is 3.31. The van der Waals surface area contributed by atoms with Gasteiger partial charge in [-0.05, 0) is 24.3 Å². The molecule has 3 aromatic rings. The zero-order chi connectivity index (χ0) is 20.3. The van der Waals surface area contributed by atoms with Gasteiger partial charge in [0.1, 0.15) is 24.0 Å². The van der Waals surface area contributed by atoms with Gasteiger partial charge in [0.05, 0.1) is 5.69 Å². The Kier molecular flexibility index (Phi) is 5.87. The Bertz CT molecular complexity index is 969. The van der Waals surface area contributed by atoms with E-state index in [0.29, 0.717) is 34.6 Å². The summed E-state index contributed by atoms with van der Waals surface area (Å²) in [5.41, 5.74) is 0.387. The van der Waals surface area contributed by atoms with Crippen LogP contribution < -0.4 is 10.1 Å². The van der Waals surface area contributed by atoms with Crippen molar-refractivity contribution in [3.05, 3.63) is 46.1 Å². The van der Waals surface area contributed by atoms with Crippen LogP contribution in [-0.2, 0) is 6.18 Å². The van der Waals surface area contributed by atoms with E-state index in [1.165, 1.54) is 11.4 Å². The number of furan rings is 1. The lowest BCUT2D eigenvalue weighted by Gasteiger charge is -2.11. The Morgan fingerprint density at radius 3 is 2.82 bits per heavy atom. The largest absolute Gasteiger partial charge is 0.492 e. The van der Waals surface area contributed by atoms with Crippen molar-refractivity contribution in [2.24, 2.45) is 0 Å². The van der Waals surface area contributed by atoms with Crippen molar-refractivity contribution in [2.75, 3.05) is 19.7 Å². The van der Waals surface area contributed by atoms with Crippen molar-refractivity contribution in [1.29, 1.82) is 0 Å². The van der Waals surface area contributed by atoms with Crippen molar-refractivity contribution >= 4 is 28.3 Å². The second-order valence-electron chi connectivity index (χ2n) is 5.76. The van der Waals surface area contributed by atoms with E-state index < -0.39 is 23.3 Å². The van der Waals surface area contributed by atoms with E-state index in [2.05, 4.69) is 10.3 Å². The van der Waals surface area contributed by atoms with Gasteiger partial charge in [0, 0.05) is 23.9 Å². The second kappa shape index (κ2) is 8.17. The molecule has 0 fully saturated rings. The van der Waals surface area contributed by atoms with Crippen molar-refractivity contribution in [3.63, 3.8) is 0 Å². The van der Waals surface area contributed by atoms with Gasteiger partial charge in [-0.3, -0.25) is 0 Å². The van der Waals surface area contributed by atoms with E-state index >= 15 is 0 Å². The first kappa shape index (κ1) is 20.1. The molecule has 0 radical (unpaired) electrons. The maximum absolute atomic E-state index is 12.5. The smallest absolute Gasteiger partial charge is 0.443 e. The van der Waals surface area contributed by atoms with Gasteiger partial charge >= 0.3 is 12.1 Å². The number of aromatic carboxylic acids is 1. The average Bonchev–Trinajstić information content (AvgIpc) is 3.27. The minimum absolute atomic E-state index is 0.0210. The standard InChI is InChI=1S/C17H15F3N2O5S/c18-17(19,20)16-22-11(8-28-16)12(23)7-21-3-4-26-10-1-2-13-9(5-10)6-14(27-13)15(24)25/h1-2,5-6,8,12,21,23H,3-4,7H2,(H,24,25). The second-order valence-corrected chi connectivity index (χ2v) is 6.62.